The lowest BCUT2D eigenvalue weighted by molar-refractivity contribution is -0.384. The van der Waals surface area contributed by atoms with Crippen LogP contribution < -0.4 is 10.2 Å². The number of nitro groups is 1. The van der Waals surface area contributed by atoms with E-state index in [-0.39, 0.29) is 23.8 Å². The number of ether oxygens (including phenoxy) is 1. The van der Waals surface area contributed by atoms with Crippen LogP contribution in [0.25, 0.3) is 0 Å². The van der Waals surface area contributed by atoms with Gasteiger partial charge in [-0.15, -0.1) is 0 Å². The minimum absolute atomic E-state index is 0.115. The Morgan fingerprint density at radius 3 is 2.69 bits per heavy atom. The summed E-state index contributed by atoms with van der Waals surface area (Å²) in [6.45, 7) is 0.433. The van der Waals surface area contributed by atoms with E-state index in [1.807, 2.05) is 18.2 Å². The summed E-state index contributed by atoms with van der Waals surface area (Å²) < 4.78 is 4.48. The van der Waals surface area contributed by atoms with Crippen LogP contribution in [0.4, 0.5) is 11.4 Å². The molecule has 1 fully saturated rings. The number of nitro benzene ring substituents is 1. The van der Waals surface area contributed by atoms with Crippen molar-refractivity contribution in [3.05, 3.63) is 69.8 Å². The number of esters is 1. The Morgan fingerprint density at radius 1 is 1.24 bits per heavy atom. The third-order valence-corrected chi connectivity index (χ3v) is 5.06. The van der Waals surface area contributed by atoms with Crippen molar-refractivity contribution < 1.29 is 19.2 Å². The normalized spacial score (nSPS) is 15.8. The molecule has 2 aromatic rings. The fourth-order valence-corrected chi connectivity index (χ4v) is 3.63. The van der Waals surface area contributed by atoms with Gasteiger partial charge < -0.3 is 15.0 Å². The van der Waals surface area contributed by atoms with E-state index in [9.17, 15) is 19.7 Å². The van der Waals surface area contributed by atoms with Crippen LogP contribution >= 0.6 is 0 Å². The van der Waals surface area contributed by atoms with Gasteiger partial charge in [0.25, 0.3) is 11.6 Å². The van der Waals surface area contributed by atoms with Gasteiger partial charge in [0.2, 0.25) is 0 Å². The van der Waals surface area contributed by atoms with Crippen LogP contribution in [0.2, 0.25) is 0 Å². The van der Waals surface area contributed by atoms with Gasteiger partial charge in [0.05, 0.1) is 12.0 Å². The van der Waals surface area contributed by atoms with Gasteiger partial charge >= 0.3 is 5.97 Å². The minimum atomic E-state index is -0.592. The monoisotopic (exact) mass is 397 g/mol. The number of nitrogens with one attached hydrogen (secondary N) is 1. The second-order valence-corrected chi connectivity index (χ2v) is 6.90. The van der Waals surface area contributed by atoms with Gasteiger partial charge in [-0.3, -0.25) is 19.7 Å². The molecule has 1 amide bonds. The number of rotatable bonds is 7. The number of amides is 1. The van der Waals surface area contributed by atoms with Crippen LogP contribution in [0.15, 0.2) is 48.5 Å². The maximum Gasteiger partial charge on any atom is 0.325 e. The molecule has 3 rings (SSSR count). The Labute approximate surface area is 168 Å². The topological polar surface area (TPSA) is 102 Å². The number of hydrogen-bond acceptors (Lipinski definition) is 6. The first-order valence-corrected chi connectivity index (χ1v) is 9.43. The molecule has 8 nitrogen and oxygen atoms in total. The Hall–Kier alpha value is -3.42. The van der Waals surface area contributed by atoms with Crippen molar-refractivity contribution in [3.63, 3.8) is 0 Å². The second kappa shape index (κ2) is 9.18. The lowest BCUT2D eigenvalue weighted by atomic mass is 10.0. The number of carbonyl (C=O) groups excluding carboxylic acids is 2. The first-order chi connectivity index (χ1) is 14.0. The number of nitrogens with zero attached hydrogens (tertiary/aromatic N) is 2. The number of hydrogen-bond donors (Lipinski definition) is 1. The molecule has 2 aromatic carbocycles. The van der Waals surface area contributed by atoms with Crippen molar-refractivity contribution in [2.45, 2.75) is 25.3 Å². The van der Waals surface area contributed by atoms with E-state index < -0.39 is 16.8 Å². The average molecular weight is 397 g/mol. The summed E-state index contributed by atoms with van der Waals surface area (Å²) >= 11 is 0. The zero-order valence-electron chi connectivity index (χ0n) is 16.2. The molecule has 0 bridgehead atoms. The molecule has 0 saturated carbocycles. The zero-order chi connectivity index (χ0) is 20.8. The molecule has 29 heavy (non-hydrogen) atoms. The first kappa shape index (κ1) is 20.3. The van der Waals surface area contributed by atoms with Crippen LogP contribution in [0, 0.1) is 10.1 Å². The largest absolute Gasteiger partial charge is 0.468 e. The van der Waals surface area contributed by atoms with Crippen LogP contribution in [-0.4, -0.2) is 43.0 Å². The first-order valence-electron chi connectivity index (χ1n) is 9.43. The summed E-state index contributed by atoms with van der Waals surface area (Å²) in [7, 11) is 1.22. The fourth-order valence-electron chi connectivity index (χ4n) is 3.63. The van der Waals surface area contributed by atoms with Gasteiger partial charge in [-0.25, -0.2) is 0 Å². The maximum absolute atomic E-state index is 12.2. The van der Waals surface area contributed by atoms with E-state index in [0.29, 0.717) is 5.69 Å². The molecule has 1 atom stereocenters. The van der Waals surface area contributed by atoms with E-state index in [4.69, 9.17) is 0 Å². The molecule has 1 unspecified atom stereocenters. The maximum atomic E-state index is 12.2. The van der Waals surface area contributed by atoms with E-state index in [1.165, 1.54) is 18.7 Å². The number of carbonyl (C=O) groups is 2. The summed E-state index contributed by atoms with van der Waals surface area (Å²) in [5.74, 6) is -1.16. The van der Waals surface area contributed by atoms with Gasteiger partial charge in [-0.1, -0.05) is 30.3 Å². The zero-order valence-corrected chi connectivity index (χ0v) is 16.2. The highest BCUT2D eigenvalue weighted by molar-refractivity contribution is 5.97. The summed E-state index contributed by atoms with van der Waals surface area (Å²) in [6, 6.07) is 14.6. The molecule has 1 aliphatic heterocycles. The predicted octanol–water partition coefficient (Wildman–Crippen LogP) is 2.71. The molecule has 0 spiro atoms. The van der Waals surface area contributed by atoms with Gasteiger partial charge in [-0.05, 0) is 37.0 Å². The standard InChI is InChI=1S/C21H23N3O5/c1-29-20(25)14-22-21(26)16-9-10-18(19(13-16)24(27)28)23-11-5-8-17(23)12-15-6-3-2-4-7-15/h2-4,6-7,9-10,13,17H,5,8,11-12,14H2,1H3,(H,22,26). The minimum Gasteiger partial charge on any atom is -0.468 e. The quantitative estimate of drug-likeness (QED) is 0.438. The Balaban J connectivity index is 1.82. The summed E-state index contributed by atoms with van der Waals surface area (Å²) in [6.07, 6.45) is 2.71. The highest BCUT2D eigenvalue weighted by Gasteiger charge is 2.30. The highest BCUT2D eigenvalue weighted by atomic mass is 16.6. The third kappa shape index (κ3) is 4.90. The van der Waals surface area contributed by atoms with E-state index >= 15 is 0 Å². The van der Waals surface area contributed by atoms with Gasteiger partial charge in [0.1, 0.15) is 12.2 Å². The predicted molar refractivity (Wildman–Crippen MR) is 108 cm³/mol. The van der Waals surface area contributed by atoms with Crippen molar-refractivity contribution in [2.75, 3.05) is 25.1 Å². The summed E-state index contributed by atoms with van der Waals surface area (Å²) in [5.41, 5.74) is 1.71. The van der Waals surface area contributed by atoms with Crippen LogP contribution in [-0.2, 0) is 16.0 Å². The van der Waals surface area contributed by atoms with E-state index in [0.717, 1.165) is 25.8 Å². The van der Waals surface area contributed by atoms with E-state index in [1.54, 1.807) is 12.1 Å². The molecule has 8 heteroatoms. The van der Waals surface area contributed by atoms with Crippen LogP contribution in [0.3, 0.4) is 0 Å². The molecule has 152 valence electrons. The van der Waals surface area contributed by atoms with Crippen LogP contribution in [0.5, 0.6) is 0 Å². The van der Waals surface area contributed by atoms with Crippen molar-refractivity contribution in [1.29, 1.82) is 0 Å². The van der Waals surface area contributed by atoms with Gasteiger partial charge in [-0.2, -0.15) is 0 Å². The molecular formula is C21H23N3O5. The highest BCUT2D eigenvalue weighted by Crippen LogP contribution is 2.35. The fraction of sp³-hybridized carbons (Fsp3) is 0.333. The average Bonchev–Trinajstić information content (AvgIpc) is 3.19. The molecule has 1 heterocycles. The van der Waals surface area contributed by atoms with Crippen molar-refractivity contribution in [1.82, 2.24) is 5.32 Å². The molecular weight excluding hydrogens is 374 g/mol. The SMILES string of the molecule is COC(=O)CNC(=O)c1ccc(N2CCCC2Cc2ccccc2)c([N+](=O)[O-])c1. The smallest absolute Gasteiger partial charge is 0.325 e. The second-order valence-electron chi connectivity index (χ2n) is 6.90. The molecule has 0 aliphatic carbocycles. The number of anilines is 1. The molecule has 0 aromatic heterocycles. The van der Waals surface area contributed by atoms with Crippen molar-refractivity contribution >= 4 is 23.3 Å². The Bertz CT molecular complexity index is 900. The molecule has 1 aliphatic rings. The number of methoxy groups -OCH3 is 1. The Kier molecular flexibility index (Phi) is 6.43. The molecule has 1 saturated heterocycles. The van der Waals surface area contributed by atoms with Crippen LogP contribution in [0.1, 0.15) is 28.8 Å². The van der Waals surface area contributed by atoms with Gasteiger partial charge in [0.15, 0.2) is 0 Å². The van der Waals surface area contributed by atoms with Crippen molar-refractivity contribution in [3.8, 4) is 0 Å². The summed E-state index contributed by atoms with van der Waals surface area (Å²) in [5, 5.41) is 14.1. The lowest BCUT2D eigenvalue weighted by Gasteiger charge is -2.27. The number of benzene rings is 2. The summed E-state index contributed by atoms with van der Waals surface area (Å²) in [4.78, 5) is 36.7. The molecule has 1 N–H and O–H groups in total. The molecule has 0 radical (unpaired) electrons. The lowest BCUT2D eigenvalue weighted by Crippen LogP contribution is -2.32. The van der Waals surface area contributed by atoms with Crippen molar-refractivity contribution in [2.24, 2.45) is 0 Å². The Morgan fingerprint density at radius 2 is 2.00 bits per heavy atom. The van der Waals surface area contributed by atoms with E-state index in [2.05, 4.69) is 27.1 Å². The van der Waals surface area contributed by atoms with Gasteiger partial charge in [0, 0.05) is 24.2 Å². The third-order valence-electron chi connectivity index (χ3n) is 5.06.